The van der Waals surface area contributed by atoms with Gasteiger partial charge in [0.05, 0.1) is 11.6 Å². The molecule has 172 valence electrons. The van der Waals surface area contributed by atoms with Crippen molar-refractivity contribution >= 4 is 5.91 Å². The summed E-state index contributed by atoms with van der Waals surface area (Å²) in [5.41, 5.74) is 2.80. The predicted molar refractivity (Wildman–Crippen MR) is 115 cm³/mol. The lowest BCUT2D eigenvalue weighted by molar-refractivity contribution is -0.162. The molecule has 0 atom stereocenters. The molecular formula is C24H23F3N4O2. The van der Waals surface area contributed by atoms with Crippen LogP contribution >= 0.6 is 0 Å². The van der Waals surface area contributed by atoms with Crippen LogP contribution in [0.1, 0.15) is 48.8 Å². The molecule has 0 N–H and O–H groups in total. The van der Waals surface area contributed by atoms with Crippen molar-refractivity contribution in [2.24, 2.45) is 0 Å². The lowest BCUT2D eigenvalue weighted by Gasteiger charge is -2.24. The van der Waals surface area contributed by atoms with Crippen LogP contribution in [-0.2, 0) is 17.8 Å². The summed E-state index contributed by atoms with van der Waals surface area (Å²) < 4.78 is 44.3. The van der Waals surface area contributed by atoms with Gasteiger partial charge in [0.2, 0.25) is 17.6 Å². The third-order valence-electron chi connectivity index (χ3n) is 5.04. The highest BCUT2D eigenvalue weighted by Crippen LogP contribution is 2.22. The van der Waals surface area contributed by atoms with Crippen molar-refractivity contribution in [3.05, 3.63) is 71.1 Å². The molecule has 0 saturated heterocycles. The van der Waals surface area contributed by atoms with Crippen molar-refractivity contribution in [3.63, 3.8) is 0 Å². The number of aromatic nitrogens is 2. The van der Waals surface area contributed by atoms with E-state index < -0.39 is 18.6 Å². The maximum absolute atomic E-state index is 13.0. The van der Waals surface area contributed by atoms with Gasteiger partial charge in [-0.25, -0.2) is 0 Å². The first-order valence-corrected chi connectivity index (χ1v) is 10.4. The number of alkyl halides is 3. The summed E-state index contributed by atoms with van der Waals surface area (Å²) in [6.45, 7) is 2.58. The predicted octanol–water partition coefficient (Wildman–Crippen LogP) is 5.26. The van der Waals surface area contributed by atoms with Gasteiger partial charge in [-0.1, -0.05) is 55.4 Å². The number of hydrogen-bond acceptors (Lipinski definition) is 5. The Morgan fingerprint density at radius 1 is 1.12 bits per heavy atom. The number of hydrogen-bond donors (Lipinski definition) is 0. The number of amides is 1. The van der Waals surface area contributed by atoms with Crippen molar-refractivity contribution in [2.75, 3.05) is 6.54 Å². The molecule has 0 aliphatic heterocycles. The van der Waals surface area contributed by atoms with E-state index >= 15 is 0 Å². The Bertz CT molecular complexity index is 1110. The Balaban J connectivity index is 1.65. The average Bonchev–Trinajstić information content (AvgIpc) is 3.26. The van der Waals surface area contributed by atoms with Crippen LogP contribution in [0.5, 0.6) is 0 Å². The molecule has 3 aromatic rings. The van der Waals surface area contributed by atoms with Crippen molar-refractivity contribution < 1.29 is 22.5 Å². The summed E-state index contributed by atoms with van der Waals surface area (Å²) in [5, 5.41) is 12.8. The minimum absolute atomic E-state index is 0.0254. The fourth-order valence-electron chi connectivity index (χ4n) is 3.22. The number of benzene rings is 2. The number of carbonyl (C=O) groups excluding carboxylic acids is 1. The first-order valence-electron chi connectivity index (χ1n) is 10.4. The van der Waals surface area contributed by atoms with Gasteiger partial charge in [-0.3, -0.25) is 4.79 Å². The van der Waals surface area contributed by atoms with Gasteiger partial charge in [0.25, 0.3) is 0 Å². The molecule has 0 spiro atoms. The summed E-state index contributed by atoms with van der Waals surface area (Å²) >= 11 is 0. The highest BCUT2D eigenvalue weighted by Gasteiger charge is 2.33. The summed E-state index contributed by atoms with van der Waals surface area (Å²) in [6, 6.07) is 15.7. The first kappa shape index (κ1) is 24.0. The summed E-state index contributed by atoms with van der Waals surface area (Å²) in [4.78, 5) is 17.6. The topological polar surface area (TPSA) is 83.0 Å². The van der Waals surface area contributed by atoms with Crippen molar-refractivity contribution in [1.82, 2.24) is 15.0 Å². The van der Waals surface area contributed by atoms with E-state index in [-0.39, 0.29) is 25.3 Å². The average molecular weight is 456 g/mol. The fraction of sp³-hybridized carbons (Fsp3) is 0.333. The Kier molecular flexibility index (Phi) is 7.48. The minimum Gasteiger partial charge on any atom is -0.339 e. The van der Waals surface area contributed by atoms with E-state index in [9.17, 15) is 18.0 Å². The Morgan fingerprint density at radius 2 is 1.79 bits per heavy atom. The largest absolute Gasteiger partial charge is 0.406 e. The van der Waals surface area contributed by atoms with E-state index in [2.05, 4.69) is 24.0 Å². The first-order chi connectivity index (χ1) is 15.6. The van der Waals surface area contributed by atoms with Crippen LogP contribution in [0.4, 0.5) is 13.2 Å². The van der Waals surface area contributed by atoms with Crippen molar-refractivity contribution in [2.45, 2.75) is 45.3 Å². The lowest BCUT2D eigenvalue weighted by atomic mass is 10.0. The third kappa shape index (κ3) is 6.91. The molecule has 33 heavy (non-hydrogen) atoms. The zero-order chi connectivity index (χ0) is 24.0. The number of nitrogens with zero attached hydrogens (tertiary/aromatic N) is 4. The molecule has 0 radical (unpaired) electrons. The molecule has 2 aromatic carbocycles. The molecule has 0 aliphatic carbocycles. The Hall–Kier alpha value is -3.67. The molecule has 0 fully saturated rings. The zero-order valence-electron chi connectivity index (χ0n) is 18.3. The summed E-state index contributed by atoms with van der Waals surface area (Å²) in [5.74, 6) is 0.238. The van der Waals surface area contributed by atoms with Crippen LogP contribution in [0.25, 0.3) is 11.4 Å². The van der Waals surface area contributed by atoms with Gasteiger partial charge in [-0.15, -0.1) is 0 Å². The zero-order valence-corrected chi connectivity index (χ0v) is 18.3. The quantitative estimate of drug-likeness (QED) is 0.462. The van der Waals surface area contributed by atoms with Crippen LogP contribution < -0.4 is 0 Å². The van der Waals surface area contributed by atoms with E-state index in [0.29, 0.717) is 22.9 Å². The van der Waals surface area contributed by atoms with E-state index in [1.807, 2.05) is 30.3 Å². The number of carbonyl (C=O) groups is 1. The number of rotatable bonds is 8. The molecule has 9 heteroatoms. The fourth-order valence-corrected chi connectivity index (χ4v) is 3.22. The Morgan fingerprint density at radius 3 is 2.36 bits per heavy atom. The SMILES string of the molecule is CC(C)c1ccc(-c2noc(CCC(=O)N(Cc3ccc(C#N)cc3)CC(F)(F)F)n2)cc1. The van der Waals surface area contributed by atoms with Crippen LogP contribution in [0.2, 0.25) is 0 Å². The van der Waals surface area contributed by atoms with Crippen LogP contribution in [0.3, 0.4) is 0 Å². The second-order valence-electron chi connectivity index (χ2n) is 7.96. The summed E-state index contributed by atoms with van der Waals surface area (Å²) in [7, 11) is 0. The van der Waals surface area contributed by atoms with Gasteiger partial charge >= 0.3 is 6.18 Å². The second kappa shape index (κ2) is 10.3. The van der Waals surface area contributed by atoms with E-state index in [0.717, 1.165) is 10.5 Å². The lowest BCUT2D eigenvalue weighted by Crippen LogP contribution is -2.38. The van der Waals surface area contributed by atoms with Gasteiger partial charge in [0, 0.05) is 24.9 Å². The smallest absolute Gasteiger partial charge is 0.339 e. The van der Waals surface area contributed by atoms with Crippen molar-refractivity contribution in [3.8, 4) is 17.5 Å². The Labute approximate surface area is 189 Å². The molecule has 1 amide bonds. The summed E-state index contributed by atoms with van der Waals surface area (Å²) in [6.07, 6.45) is -4.72. The molecule has 0 unspecified atom stereocenters. The van der Waals surface area contributed by atoms with Gasteiger partial charge in [0.1, 0.15) is 6.54 Å². The number of nitriles is 1. The molecule has 1 heterocycles. The van der Waals surface area contributed by atoms with Gasteiger partial charge in [-0.2, -0.15) is 23.4 Å². The second-order valence-corrected chi connectivity index (χ2v) is 7.96. The van der Waals surface area contributed by atoms with Crippen molar-refractivity contribution in [1.29, 1.82) is 5.26 Å². The minimum atomic E-state index is -4.54. The van der Waals surface area contributed by atoms with Gasteiger partial charge in [0.15, 0.2) is 0 Å². The molecule has 1 aromatic heterocycles. The molecule has 0 aliphatic rings. The molecular weight excluding hydrogens is 433 g/mol. The van der Waals surface area contributed by atoms with E-state index in [1.165, 1.54) is 29.8 Å². The molecule has 6 nitrogen and oxygen atoms in total. The number of halogens is 3. The third-order valence-corrected chi connectivity index (χ3v) is 5.04. The molecule has 0 saturated carbocycles. The molecule has 3 rings (SSSR count). The maximum atomic E-state index is 13.0. The van der Waals surface area contributed by atoms with Crippen LogP contribution in [0.15, 0.2) is 53.1 Å². The molecule has 0 bridgehead atoms. The van der Waals surface area contributed by atoms with Gasteiger partial charge < -0.3 is 9.42 Å². The highest BCUT2D eigenvalue weighted by molar-refractivity contribution is 5.76. The van der Waals surface area contributed by atoms with E-state index in [4.69, 9.17) is 9.78 Å². The monoisotopic (exact) mass is 456 g/mol. The van der Waals surface area contributed by atoms with Gasteiger partial charge in [-0.05, 0) is 29.2 Å². The normalized spacial score (nSPS) is 11.4. The van der Waals surface area contributed by atoms with Crippen LogP contribution in [0, 0.1) is 11.3 Å². The van der Waals surface area contributed by atoms with Crippen LogP contribution in [-0.4, -0.2) is 33.7 Å². The standard InChI is InChI=1S/C24H23F3N4O2/c1-16(2)19-7-9-20(10-8-19)23-29-21(33-30-23)11-12-22(32)31(15-24(25,26)27)14-18-5-3-17(13-28)4-6-18/h3-10,16H,11-12,14-15H2,1-2H3. The van der Waals surface area contributed by atoms with E-state index in [1.54, 1.807) is 0 Å². The number of aryl methyl sites for hydroxylation is 1. The maximum Gasteiger partial charge on any atom is 0.406 e. The highest BCUT2D eigenvalue weighted by atomic mass is 19.4.